The minimum atomic E-state index is -0.110. The molecular weight excluding hydrogens is 264 g/mol. The molecule has 2 rings (SSSR count). The molecule has 1 aromatic heterocycles. The number of nitrogens with two attached hydrogens (primary N) is 1. The number of nitrogens with one attached hydrogen (secondary N) is 1. The third-order valence-corrected chi connectivity index (χ3v) is 4.97. The van der Waals surface area contributed by atoms with Crippen molar-refractivity contribution in [1.82, 2.24) is 15.0 Å². The van der Waals surface area contributed by atoms with Gasteiger partial charge in [-0.25, -0.2) is 4.98 Å². The van der Waals surface area contributed by atoms with Crippen molar-refractivity contribution in [2.45, 2.75) is 64.0 Å². The van der Waals surface area contributed by atoms with Crippen LogP contribution in [0.4, 0.5) is 0 Å². The number of aromatic nitrogens is 2. The highest BCUT2D eigenvalue weighted by Crippen LogP contribution is 2.38. The minimum absolute atomic E-state index is 0.110. The highest BCUT2D eigenvalue weighted by molar-refractivity contribution is 4.99. The molecule has 1 atom stereocenters. The van der Waals surface area contributed by atoms with Gasteiger partial charge in [-0.15, -0.1) is 0 Å². The number of nitrogens with zero attached hydrogens (tertiary/aromatic N) is 2. The number of hydrogen-bond donors (Lipinski definition) is 2. The summed E-state index contributed by atoms with van der Waals surface area (Å²) in [6.45, 7) is 5.15. The molecule has 21 heavy (non-hydrogen) atoms. The molecular formula is C16H30N4O. The third kappa shape index (κ3) is 3.84. The Labute approximate surface area is 128 Å². The van der Waals surface area contributed by atoms with Crippen LogP contribution in [0.1, 0.15) is 51.8 Å². The second kappa shape index (κ2) is 7.38. The highest BCUT2D eigenvalue weighted by Gasteiger charge is 2.41. The molecule has 0 bridgehead atoms. The van der Waals surface area contributed by atoms with Crippen molar-refractivity contribution in [3.63, 3.8) is 0 Å². The summed E-state index contributed by atoms with van der Waals surface area (Å²) < 4.78 is 8.28. The van der Waals surface area contributed by atoms with Gasteiger partial charge in [0, 0.05) is 32.5 Å². The van der Waals surface area contributed by atoms with E-state index in [-0.39, 0.29) is 11.6 Å². The van der Waals surface area contributed by atoms with E-state index in [0.717, 1.165) is 44.0 Å². The molecule has 120 valence electrons. The van der Waals surface area contributed by atoms with E-state index >= 15 is 0 Å². The largest absolute Gasteiger partial charge is 0.374 e. The van der Waals surface area contributed by atoms with Crippen molar-refractivity contribution < 1.29 is 4.74 Å². The Kier molecular flexibility index (Phi) is 5.79. The number of hydrogen-bond acceptors (Lipinski definition) is 4. The van der Waals surface area contributed by atoms with Crippen molar-refractivity contribution in [1.29, 1.82) is 0 Å². The fourth-order valence-electron chi connectivity index (χ4n) is 3.54. The molecule has 5 nitrogen and oxygen atoms in total. The fraction of sp³-hybridized carbons (Fsp3) is 0.812. The van der Waals surface area contributed by atoms with Gasteiger partial charge in [0.05, 0.1) is 11.6 Å². The second-order valence-electron chi connectivity index (χ2n) is 6.39. The highest BCUT2D eigenvalue weighted by atomic mass is 16.5. The van der Waals surface area contributed by atoms with Crippen LogP contribution in [0.15, 0.2) is 12.4 Å². The fourth-order valence-corrected chi connectivity index (χ4v) is 3.54. The van der Waals surface area contributed by atoms with Crippen LogP contribution in [-0.4, -0.2) is 27.8 Å². The van der Waals surface area contributed by atoms with Crippen LogP contribution < -0.4 is 11.3 Å². The Morgan fingerprint density at radius 2 is 2.24 bits per heavy atom. The Hall–Kier alpha value is -0.910. The first-order valence-electron chi connectivity index (χ1n) is 8.17. The van der Waals surface area contributed by atoms with E-state index < -0.39 is 0 Å². The quantitative estimate of drug-likeness (QED) is 0.597. The lowest BCUT2D eigenvalue weighted by Gasteiger charge is -2.44. The lowest BCUT2D eigenvalue weighted by atomic mass is 9.74. The molecule has 3 N–H and O–H groups in total. The van der Waals surface area contributed by atoms with E-state index in [4.69, 9.17) is 10.6 Å². The van der Waals surface area contributed by atoms with Gasteiger partial charge in [-0.05, 0) is 44.9 Å². The topological polar surface area (TPSA) is 65.1 Å². The summed E-state index contributed by atoms with van der Waals surface area (Å²) in [4.78, 5) is 4.40. The number of hydrazine groups is 1. The molecule has 0 spiro atoms. The third-order valence-electron chi connectivity index (χ3n) is 4.97. The molecule has 1 aliphatic rings. The van der Waals surface area contributed by atoms with Gasteiger partial charge < -0.3 is 9.30 Å². The predicted molar refractivity (Wildman–Crippen MR) is 84.6 cm³/mol. The van der Waals surface area contributed by atoms with Gasteiger partial charge in [-0.2, -0.15) is 0 Å². The molecule has 0 radical (unpaired) electrons. The second-order valence-corrected chi connectivity index (χ2v) is 6.39. The number of rotatable bonds is 7. The summed E-state index contributed by atoms with van der Waals surface area (Å²) in [6, 6.07) is 0.182. The molecule has 1 aromatic rings. The first-order chi connectivity index (χ1) is 10.1. The summed E-state index contributed by atoms with van der Waals surface area (Å²) >= 11 is 0. The lowest BCUT2D eigenvalue weighted by Crippen LogP contribution is -2.56. The zero-order chi connectivity index (χ0) is 15.3. The maximum atomic E-state index is 6.20. The van der Waals surface area contributed by atoms with Crippen molar-refractivity contribution >= 4 is 0 Å². The van der Waals surface area contributed by atoms with E-state index in [2.05, 4.69) is 28.8 Å². The number of ether oxygens (including phenoxy) is 1. The van der Waals surface area contributed by atoms with Crippen LogP contribution in [0.5, 0.6) is 0 Å². The molecule has 1 fully saturated rings. The minimum Gasteiger partial charge on any atom is -0.374 e. The van der Waals surface area contributed by atoms with Crippen molar-refractivity contribution in [2.75, 3.05) is 6.61 Å². The standard InChI is InChI=1S/C16H30N4O/c1-4-21-16(9-7-13(2)8-10-16)14(19-17)5-6-15-18-11-12-20(15)3/h11-14,19H,4-10,17H2,1-3H3. The van der Waals surface area contributed by atoms with Gasteiger partial charge in [0.15, 0.2) is 0 Å². The van der Waals surface area contributed by atoms with Crippen LogP contribution in [0, 0.1) is 5.92 Å². The molecule has 0 aromatic carbocycles. The average Bonchev–Trinajstić information content (AvgIpc) is 2.88. The van der Waals surface area contributed by atoms with Crippen LogP contribution >= 0.6 is 0 Å². The van der Waals surface area contributed by atoms with Gasteiger partial charge in [-0.1, -0.05) is 6.92 Å². The Morgan fingerprint density at radius 1 is 1.52 bits per heavy atom. The Bertz CT molecular complexity index is 424. The molecule has 0 aliphatic heterocycles. The molecule has 1 unspecified atom stereocenters. The summed E-state index contributed by atoms with van der Waals surface area (Å²) in [5.74, 6) is 7.77. The smallest absolute Gasteiger partial charge is 0.108 e. The Morgan fingerprint density at radius 3 is 2.76 bits per heavy atom. The van der Waals surface area contributed by atoms with Gasteiger partial charge in [0.1, 0.15) is 5.82 Å². The first kappa shape index (κ1) is 16.5. The lowest BCUT2D eigenvalue weighted by molar-refractivity contribution is -0.0978. The molecule has 1 heterocycles. The van der Waals surface area contributed by atoms with Crippen LogP contribution in [0.2, 0.25) is 0 Å². The van der Waals surface area contributed by atoms with Crippen molar-refractivity contribution in [3.05, 3.63) is 18.2 Å². The van der Waals surface area contributed by atoms with Gasteiger partial charge in [0.25, 0.3) is 0 Å². The van der Waals surface area contributed by atoms with Crippen LogP contribution in [-0.2, 0) is 18.2 Å². The molecule has 5 heteroatoms. The molecule has 1 aliphatic carbocycles. The van der Waals surface area contributed by atoms with Gasteiger partial charge in [-0.3, -0.25) is 11.3 Å². The Balaban J connectivity index is 2.03. The monoisotopic (exact) mass is 294 g/mol. The summed E-state index contributed by atoms with van der Waals surface area (Å²) in [5, 5.41) is 0. The van der Waals surface area contributed by atoms with Gasteiger partial charge in [0.2, 0.25) is 0 Å². The van der Waals surface area contributed by atoms with Gasteiger partial charge >= 0.3 is 0 Å². The first-order valence-corrected chi connectivity index (χ1v) is 8.17. The predicted octanol–water partition coefficient (Wildman–Crippen LogP) is 2.17. The van der Waals surface area contributed by atoms with E-state index in [9.17, 15) is 0 Å². The summed E-state index contributed by atoms with van der Waals surface area (Å²) in [5.41, 5.74) is 2.92. The zero-order valence-corrected chi connectivity index (χ0v) is 13.6. The van der Waals surface area contributed by atoms with Crippen molar-refractivity contribution in [2.24, 2.45) is 18.8 Å². The average molecular weight is 294 g/mol. The van der Waals surface area contributed by atoms with E-state index in [1.165, 1.54) is 12.8 Å². The summed E-state index contributed by atoms with van der Waals surface area (Å²) in [7, 11) is 2.04. The molecule has 1 saturated carbocycles. The SMILES string of the molecule is CCOC1(C(CCc2nccn2C)NN)CCC(C)CC1. The summed E-state index contributed by atoms with van der Waals surface area (Å²) in [6.07, 6.45) is 10.3. The van der Waals surface area contributed by atoms with Crippen LogP contribution in [0.25, 0.3) is 0 Å². The molecule has 0 saturated heterocycles. The zero-order valence-electron chi connectivity index (χ0n) is 13.6. The van der Waals surface area contributed by atoms with E-state index in [1.54, 1.807) is 0 Å². The number of imidazole rings is 1. The van der Waals surface area contributed by atoms with Crippen molar-refractivity contribution in [3.8, 4) is 0 Å². The normalized spacial score (nSPS) is 27.7. The van der Waals surface area contributed by atoms with E-state index in [0.29, 0.717) is 0 Å². The van der Waals surface area contributed by atoms with E-state index in [1.807, 2.05) is 19.4 Å². The maximum Gasteiger partial charge on any atom is 0.108 e. The molecule has 0 amide bonds. The maximum absolute atomic E-state index is 6.20. The number of aryl methyl sites for hydroxylation is 2. The van der Waals surface area contributed by atoms with Crippen LogP contribution in [0.3, 0.4) is 0 Å².